The van der Waals surface area contributed by atoms with Gasteiger partial charge in [0.15, 0.2) is 12.4 Å². The summed E-state index contributed by atoms with van der Waals surface area (Å²) < 4.78 is 64.4. The number of sulfonamides is 1. The minimum absolute atomic E-state index is 0.00812. The fourth-order valence-electron chi connectivity index (χ4n) is 2.90. The number of carbonyl (C=O) groups is 1. The van der Waals surface area contributed by atoms with E-state index < -0.39 is 21.8 Å². The molecule has 0 aliphatic rings. The van der Waals surface area contributed by atoms with Crippen molar-refractivity contribution < 1.29 is 31.1 Å². The smallest absolute Gasteiger partial charge is 0.340 e. The molecule has 0 spiro atoms. The summed E-state index contributed by atoms with van der Waals surface area (Å²) in [4.78, 5) is 16.5. The van der Waals surface area contributed by atoms with Crippen molar-refractivity contribution in [3.05, 3.63) is 102 Å². The number of nitrogens with one attached hydrogen (secondary N) is 1. The first kappa shape index (κ1) is 22.2. The monoisotopic (exact) mass is 470 g/mol. The fourth-order valence-corrected chi connectivity index (χ4v) is 3.98. The van der Waals surface area contributed by atoms with Crippen molar-refractivity contribution in [1.82, 2.24) is 4.98 Å². The number of aromatic nitrogens is 1. The molecule has 0 saturated heterocycles. The topological polar surface area (TPSA) is 98.5 Å². The highest BCUT2D eigenvalue weighted by Gasteiger charge is 2.20. The first-order valence-corrected chi connectivity index (χ1v) is 11.1. The number of carbonyl (C=O) groups excluding carboxylic acids is 1. The number of esters is 1. The summed E-state index contributed by atoms with van der Waals surface area (Å²) in [5, 5.41) is 0. The molecule has 4 aromatic rings. The zero-order chi connectivity index (χ0) is 23.4. The molecule has 1 heterocycles. The van der Waals surface area contributed by atoms with Crippen LogP contribution >= 0.6 is 0 Å². The second-order valence-electron chi connectivity index (χ2n) is 6.81. The van der Waals surface area contributed by atoms with Crippen LogP contribution in [0.1, 0.15) is 16.2 Å². The maximum absolute atomic E-state index is 13.1. The second-order valence-corrected chi connectivity index (χ2v) is 8.49. The number of rotatable bonds is 7. The summed E-state index contributed by atoms with van der Waals surface area (Å²) in [6.45, 7) is -0.306. The number of halogens is 2. The number of benzene rings is 3. The van der Waals surface area contributed by atoms with Gasteiger partial charge in [-0.2, -0.15) is 0 Å². The predicted molar refractivity (Wildman–Crippen MR) is 115 cm³/mol. The highest BCUT2D eigenvalue weighted by molar-refractivity contribution is 7.92. The van der Waals surface area contributed by atoms with Crippen molar-refractivity contribution in [2.24, 2.45) is 0 Å². The molecule has 3 aromatic carbocycles. The van der Waals surface area contributed by atoms with Crippen molar-refractivity contribution in [1.29, 1.82) is 0 Å². The summed E-state index contributed by atoms with van der Waals surface area (Å²) in [6, 6.07) is 15.7. The van der Waals surface area contributed by atoms with E-state index in [1.165, 1.54) is 42.6 Å². The van der Waals surface area contributed by atoms with Gasteiger partial charge in [0.25, 0.3) is 10.0 Å². The molecular formula is C23H16F2N2O5S. The van der Waals surface area contributed by atoms with Crippen molar-refractivity contribution in [2.45, 2.75) is 11.5 Å². The van der Waals surface area contributed by atoms with Crippen LogP contribution in [-0.2, 0) is 21.4 Å². The molecule has 33 heavy (non-hydrogen) atoms. The Bertz CT molecular complexity index is 1390. The molecule has 0 amide bonds. The van der Waals surface area contributed by atoms with Crippen molar-refractivity contribution in [3.8, 4) is 11.3 Å². The van der Waals surface area contributed by atoms with Gasteiger partial charge in [-0.05, 0) is 60.7 Å². The number of nitrogens with zero attached hydrogens (tertiary/aromatic N) is 1. The van der Waals surface area contributed by atoms with E-state index in [0.29, 0.717) is 11.3 Å². The summed E-state index contributed by atoms with van der Waals surface area (Å²) in [5.41, 5.74) is 0.557. The van der Waals surface area contributed by atoms with Gasteiger partial charge in [-0.25, -0.2) is 27.0 Å². The van der Waals surface area contributed by atoms with E-state index in [9.17, 15) is 22.0 Å². The Morgan fingerprint density at radius 1 is 0.939 bits per heavy atom. The number of oxazole rings is 1. The first-order valence-electron chi connectivity index (χ1n) is 9.57. The lowest BCUT2D eigenvalue weighted by atomic mass is 10.2. The molecule has 0 unspecified atom stereocenters. The lowest BCUT2D eigenvalue weighted by Crippen LogP contribution is -2.16. The van der Waals surface area contributed by atoms with E-state index in [1.807, 2.05) is 0 Å². The minimum atomic E-state index is -4.07. The number of para-hydroxylation sites is 1. The Balaban J connectivity index is 1.46. The Morgan fingerprint density at radius 3 is 2.27 bits per heavy atom. The highest BCUT2D eigenvalue weighted by atomic mass is 32.2. The summed E-state index contributed by atoms with van der Waals surface area (Å²) in [5.74, 6) is -1.30. The Morgan fingerprint density at radius 2 is 1.58 bits per heavy atom. The third-order valence-electron chi connectivity index (χ3n) is 4.52. The largest absolute Gasteiger partial charge is 0.452 e. The van der Waals surface area contributed by atoms with Gasteiger partial charge in [-0.1, -0.05) is 12.1 Å². The first-order chi connectivity index (χ1) is 15.8. The predicted octanol–water partition coefficient (Wildman–Crippen LogP) is 4.78. The molecule has 0 aliphatic carbocycles. The zero-order valence-electron chi connectivity index (χ0n) is 16.9. The highest BCUT2D eigenvalue weighted by Crippen LogP contribution is 2.23. The van der Waals surface area contributed by atoms with Crippen molar-refractivity contribution in [3.63, 3.8) is 0 Å². The van der Waals surface area contributed by atoms with Gasteiger partial charge < -0.3 is 9.15 Å². The van der Waals surface area contributed by atoms with Crippen LogP contribution in [0.15, 0.2) is 88.3 Å². The van der Waals surface area contributed by atoms with Gasteiger partial charge in [0, 0.05) is 5.56 Å². The molecule has 0 atom stereocenters. The maximum atomic E-state index is 13.1. The van der Waals surface area contributed by atoms with Gasteiger partial charge in [0.1, 0.15) is 11.6 Å². The zero-order valence-corrected chi connectivity index (χ0v) is 17.7. The molecule has 10 heteroatoms. The van der Waals surface area contributed by atoms with Crippen LogP contribution in [0.3, 0.4) is 0 Å². The van der Waals surface area contributed by atoms with E-state index in [2.05, 4.69) is 9.71 Å². The average molecular weight is 470 g/mol. The number of hydrogen-bond acceptors (Lipinski definition) is 6. The number of hydrogen-bond donors (Lipinski definition) is 1. The summed E-state index contributed by atoms with van der Waals surface area (Å²) in [7, 11) is -4.07. The normalized spacial score (nSPS) is 11.2. The molecule has 0 radical (unpaired) electrons. The Labute approximate surface area is 187 Å². The van der Waals surface area contributed by atoms with E-state index >= 15 is 0 Å². The van der Waals surface area contributed by atoms with E-state index in [1.54, 1.807) is 12.1 Å². The van der Waals surface area contributed by atoms with Gasteiger partial charge in [-0.3, -0.25) is 4.72 Å². The Kier molecular flexibility index (Phi) is 6.18. The van der Waals surface area contributed by atoms with E-state index in [4.69, 9.17) is 9.15 Å². The summed E-state index contributed by atoms with van der Waals surface area (Å²) >= 11 is 0. The van der Waals surface area contributed by atoms with Crippen LogP contribution in [0.5, 0.6) is 0 Å². The second kappa shape index (κ2) is 9.21. The molecule has 7 nitrogen and oxygen atoms in total. The molecular weight excluding hydrogens is 454 g/mol. The average Bonchev–Trinajstić information content (AvgIpc) is 3.27. The minimum Gasteiger partial charge on any atom is -0.452 e. The van der Waals surface area contributed by atoms with Crippen molar-refractivity contribution >= 4 is 21.7 Å². The SMILES string of the molecule is O=C(OCc1ncc(-c2ccc(F)cc2)o1)c1ccccc1NS(=O)(=O)c1ccc(F)cc1. The lowest BCUT2D eigenvalue weighted by molar-refractivity contribution is 0.0440. The number of anilines is 1. The third kappa shape index (κ3) is 5.24. The van der Waals surface area contributed by atoms with Crippen LogP contribution in [0.25, 0.3) is 11.3 Å². The van der Waals surface area contributed by atoms with Crippen LogP contribution in [0.4, 0.5) is 14.5 Å². The van der Waals surface area contributed by atoms with Crippen molar-refractivity contribution in [2.75, 3.05) is 4.72 Å². The Hall–Kier alpha value is -4.05. The maximum Gasteiger partial charge on any atom is 0.340 e. The molecule has 168 valence electrons. The molecule has 0 saturated carbocycles. The van der Waals surface area contributed by atoms with Crippen LogP contribution in [0.2, 0.25) is 0 Å². The molecule has 0 aliphatic heterocycles. The van der Waals surface area contributed by atoms with E-state index in [-0.39, 0.29) is 34.5 Å². The van der Waals surface area contributed by atoms with Gasteiger partial charge >= 0.3 is 5.97 Å². The van der Waals surface area contributed by atoms with Gasteiger partial charge in [-0.15, -0.1) is 0 Å². The quantitative estimate of drug-likeness (QED) is 0.391. The van der Waals surface area contributed by atoms with Gasteiger partial charge in [0.05, 0.1) is 22.3 Å². The van der Waals surface area contributed by atoms with E-state index in [0.717, 1.165) is 24.3 Å². The lowest BCUT2D eigenvalue weighted by Gasteiger charge is -2.12. The van der Waals surface area contributed by atoms with Crippen LogP contribution < -0.4 is 4.72 Å². The molecule has 1 aromatic heterocycles. The van der Waals surface area contributed by atoms with Crippen LogP contribution in [0, 0.1) is 11.6 Å². The summed E-state index contributed by atoms with van der Waals surface area (Å²) in [6.07, 6.45) is 1.42. The molecule has 4 rings (SSSR count). The van der Waals surface area contributed by atoms with Gasteiger partial charge in [0.2, 0.25) is 5.89 Å². The fraction of sp³-hybridized carbons (Fsp3) is 0.0435. The molecule has 0 bridgehead atoms. The van der Waals surface area contributed by atoms with Crippen LogP contribution in [-0.4, -0.2) is 19.4 Å². The molecule has 0 fully saturated rings. The standard InChI is InChI=1S/C23H16F2N2O5S/c24-16-7-5-15(6-8-16)21-13-26-22(32-21)14-31-23(28)19-3-1-2-4-20(19)27-33(29,30)18-11-9-17(25)10-12-18/h1-13,27H,14H2. The molecule has 1 N–H and O–H groups in total. The third-order valence-corrected chi connectivity index (χ3v) is 5.91. The number of ether oxygens (including phenoxy) is 1.